The highest BCUT2D eigenvalue weighted by molar-refractivity contribution is 5.49. The molecule has 18 heavy (non-hydrogen) atoms. The zero-order chi connectivity index (χ0) is 13.0. The minimum atomic E-state index is 0.432. The Balaban J connectivity index is 2.27. The number of hydrogen-bond acceptors (Lipinski definition) is 3. The van der Waals surface area contributed by atoms with Gasteiger partial charge >= 0.3 is 0 Å². The monoisotopic (exact) mass is 243 g/mol. The molecule has 0 saturated carbocycles. The standard InChI is InChI=1S/C13H13N3O2/c1-4-11-12(13(17-3)16-15-11)18-10-7-5-9(14-2)6-8-10/h5-8H,4H2,1,3H3,(H,15,16). The molecule has 0 aliphatic rings. The minimum absolute atomic E-state index is 0.432. The Bertz CT molecular complexity index is 545. The zero-order valence-corrected chi connectivity index (χ0v) is 10.2. The highest BCUT2D eigenvalue weighted by Gasteiger charge is 2.14. The predicted molar refractivity (Wildman–Crippen MR) is 67.3 cm³/mol. The molecule has 0 saturated heterocycles. The van der Waals surface area contributed by atoms with E-state index in [4.69, 9.17) is 16.0 Å². The summed E-state index contributed by atoms with van der Waals surface area (Å²) in [5.41, 5.74) is 1.46. The van der Waals surface area contributed by atoms with Gasteiger partial charge in [0.25, 0.3) is 5.88 Å². The number of nitrogens with one attached hydrogen (secondary N) is 1. The van der Waals surface area contributed by atoms with Crippen molar-refractivity contribution >= 4 is 5.69 Å². The molecule has 0 atom stereocenters. The van der Waals surface area contributed by atoms with Gasteiger partial charge in [0.05, 0.1) is 19.4 Å². The summed E-state index contributed by atoms with van der Waals surface area (Å²) >= 11 is 0. The molecule has 5 heteroatoms. The Hall–Kier alpha value is -2.48. The van der Waals surface area contributed by atoms with Crippen LogP contribution >= 0.6 is 0 Å². The average molecular weight is 243 g/mol. The summed E-state index contributed by atoms with van der Waals surface area (Å²) in [6.07, 6.45) is 0.770. The molecular weight excluding hydrogens is 230 g/mol. The lowest BCUT2D eigenvalue weighted by molar-refractivity contribution is 0.366. The van der Waals surface area contributed by atoms with Gasteiger partial charge in [-0.25, -0.2) is 4.85 Å². The van der Waals surface area contributed by atoms with Gasteiger partial charge in [0.15, 0.2) is 5.69 Å². The Morgan fingerprint density at radius 1 is 1.33 bits per heavy atom. The summed E-state index contributed by atoms with van der Waals surface area (Å²) in [6.45, 7) is 8.89. The quantitative estimate of drug-likeness (QED) is 0.838. The molecule has 5 nitrogen and oxygen atoms in total. The molecule has 0 aliphatic carbocycles. The van der Waals surface area contributed by atoms with E-state index in [2.05, 4.69) is 15.0 Å². The summed E-state index contributed by atoms with van der Waals surface area (Å²) in [5, 5.41) is 6.88. The first-order valence-electron chi connectivity index (χ1n) is 5.55. The molecule has 1 aromatic carbocycles. The number of aromatic nitrogens is 2. The van der Waals surface area contributed by atoms with Crippen LogP contribution in [0.15, 0.2) is 24.3 Å². The van der Waals surface area contributed by atoms with Gasteiger partial charge in [0.2, 0.25) is 5.75 Å². The lowest BCUT2D eigenvalue weighted by atomic mass is 10.3. The molecule has 1 heterocycles. The van der Waals surface area contributed by atoms with Gasteiger partial charge < -0.3 is 9.47 Å². The van der Waals surface area contributed by atoms with E-state index in [0.29, 0.717) is 23.1 Å². The number of aromatic amines is 1. The number of methoxy groups -OCH3 is 1. The van der Waals surface area contributed by atoms with Gasteiger partial charge in [-0.1, -0.05) is 19.1 Å². The van der Waals surface area contributed by atoms with Crippen molar-refractivity contribution in [3.63, 3.8) is 0 Å². The summed E-state index contributed by atoms with van der Waals surface area (Å²) in [4.78, 5) is 3.33. The number of H-pyrrole nitrogens is 1. The third-order valence-electron chi connectivity index (χ3n) is 2.49. The second kappa shape index (κ2) is 5.23. The highest BCUT2D eigenvalue weighted by Crippen LogP contribution is 2.33. The molecule has 92 valence electrons. The van der Waals surface area contributed by atoms with Crippen LogP contribution in [0, 0.1) is 6.57 Å². The molecule has 1 N–H and O–H groups in total. The first-order chi connectivity index (χ1) is 8.78. The van der Waals surface area contributed by atoms with E-state index in [1.165, 1.54) is 0 Å². The summed E-state index contributed by atoms with van der Waals surface area (Å²) in [6, 6.07) is 6.92. The van der Waals surface area contributed by atoms with E-state index in [9.17, 15) is 0 Å². The van der Waals surface area contributed by atoms with Crippen LogP contribution in [0.25, 0.3) is 4.85 Å². The lowest BCUT2D eigenvalue weighted by Gasteiger charge is -2.06. The minimum Gasteiger partial charge on any atom is -0.477 e. The molecule has 0 fully saturated rings. The number of aryl methyl sites for hydroxylation is 1. The lowest BCUT2D eigenvalue weighted by Crippen LogP contribution is -1.90. The number of benzene rings is 1. The van der Waals surface area contributed by atoms with Crippen molar-refractivity contribution in [2.45, 2.75) is 13.3 Å². The molecular formula is C13H13N3O2. The maximum absolute atomic E-state index is 6.89. The topological polar surface area (TPSA) is 51.5 Å². The van der Waals surface area contributed by atoms with E-state index >= 15 is 0 Å². The van der Waals surface area contributed by atoms with Crippen LogP contribution in [-0.4, -0.2) is 17.3 Å². The van der Waals surface area contributed by atoms with Gasteiger partial charge in [-0.15, -0.1) is 5.10 Å². The van der Waals surface area contributed by atoms with E-state index in [1.54, 1.807) is 31.4 Å². The molecule has 0 unspecified atom stereocenters. The molecule has 0 radical (unpaired) electrons. The molecule has 2 rings (SSSR count). The second-order valence-electron chi connectivity index (χ2n) is 3.60. The van der Waals surface area contributed by atoms with Crippen LogP contribution in [0.2, 0.25) is 0 Å². The fourth-order valence-corrected chi connectivity index (χ4v) is 1.54. The normalized spacial score (nSPS) is 9.83. The van der Waals surface area contributed by atoms with Crippen LogP contribution in [-0.2, 0) is 6.42 Å². The Labute approximate surface area is 105 Å². The van der Waals surface area contributed by atoms with Crippen molar-refractivity contribution in [2.75, 3.05) is 7.11 Å². The average Bonchev–Trinajstić information content (AvgIpc) is 2.81. The van der Waals surface area contributed by atoms with E-state index in [1.807, 2.05) is 6.92 Å². The van der Waals surface area contributed by atoms with Crippen molar-refractivity contribution in [3.05, 3.63) is 41.4 Å². The van der Waals surface area contributed by atoms with Crippen LogP contribution in [0.1, 0.15) is 12.6 Å². The summed E-state index contributed by atoms with van der Waals surface area (Å²) in [7, 11) is 1.55. The number of ether oxygens (including phenoxy) is 2. The number of hydrogen-bond donors (Lipinski definition) is 1. The van der Waals surface area contributed by atoms with Gasteiger partial charge in [0.1, 0.15) is 5.75 Å². The molecule has 0 amide bonds. The Morgan fingerprint density at radius 2 is 2.06 bits per heavy atom. The Morgan fingerprint density at radius 3 is 2.61 bits per heavy atom. The van der Waals surface area contributed by atoms with Gasteiger partial charge in [-0.3, -0.25) is 5.10 Å². The number of rotatable bonds is 4. The maximum Gasteiger partial charge on any atom is 0.276 e. The maximum atomic E-state index is 6.89. The van der Waals surface area contributed by atoms with E-state index in [0.717, 1.165) is 12.1 Å². The van der Waals surface area contributed by atoms with Crippen molar-refractivity contribution in [2.24, 2.45) is 0 Å². The second-order valence-corrected chi connectivity index (χ2v) is 3.60. The van der Waals surface area contributed by atoms with Crippen molar-refractivity contribution < 1.29 is 9.47 Å². The largest absolute Gasteiger partial charge is 0.477 e. The van der Waals surface area contributed by atoms with Gasteiger partial charge in [-0.2, -0.15) is 0 Å². The van der Waals surface area contributed by atoms with Gasteiger partial charge in [0, 0.05) is 0 Å². The van der Waals surface area contributed by atoms with Crippen LogP contribution in [0.5, 0.6) is 17.4 Å². The van der Waals surface area contributed by atoms with E-state index < -0.39 is 0 Å². The first kappa shape index (κ1) is 12.0. The third-order valence-corrected chi connectivity index (χ3v) is 2.49. The molecule has 2 aromatic rings. The van der Waals surface area contributed by atoms with Crippen LogP contribution < -0.4 is 9.47 Å². The Kier molecular flexibility index (Phi) is 3.49. The fourth-order valence-electron chi connectivity index (χ4n) is 1.54. The van der Waals surface area contributed by atoms with E-state index in [-0.39, 0.29) is 0 Å². The van der Waals surface area contributed by atoms with Crippen LogP contribution in [0.3, 0.4) is 0 Å². The first-order valence-corrected chi connectivity index (χ1v) is 5.55. The molecule has 1 aromatic heterocycles. The zero-order valence-electron chi connectivity index (χ0n) is 10.2. The van der Waals surface area contributed by atoms with Gasteiger partial charge in [-0.05, 0) is 18.6 Å². The fraction of sp³-hybridized carbons (Fsp3) is 0.231. The van der Waals surface area contributed by atoms with Crippen molar-refractivity contribution in [1.82, 2.24) is 10.2 Å². The SMILES string of the molecule is [C-]#[N+]c1ccc(Oc2c(OC)n[nH]c2CC)cc1. The van der Waals surface area contributed by atoms with Crippen LogP contribution in [0.4, 0.5) is 5.69 Å². The summed E-state index contributed by atoms with van der Waals surface area (Å²) in [5.74, 6) is 1.67. The molecule has 0 bridgehead atoms. The number of nitrogens with zero attached hydrogens (tertiary/aromatic N) is 2. The van der Waals surface area contributed by atoms with Crippen molar-refractivity contribution in [1.29, 1.82) is 0 Å². The third kappa shape index (κ3) is 2.28. The summed E-state index contributed by atoms with van der Waals surface area (Å²) < 4.78 is 10.9. The predicted octanol–water partition coefficient (Wildman–Crippen LogP) is 3.32. The highest BCUT2D eigenvalue weighted by atomic mass is 16.5. The smallest absolute Gasteiger partial charge is 0.276 e. The molecule has 0 aliphatic heterocycles. The van der Waals surface area contributed by atoms with Crippen molar-refractivity contribution in [3.8, 4) is 17.4 Å². The molecule has 0 spiro atoms.